The van der Waals surface area contributed by atoms with Gasteiger partial charge in [0.15, 0.2) is 0 Å². The van der Waals surface area contributed by atoms with Crippen molar-refractivity contribution >= 4 is 22.5 Å². The Kier molecular flexibility index (Phi) is 6.82. The first kappa shape index (κ1) is 25.8. The van der Waals surface area contributed by atoms with Crippen LogP contribution in [0.2, 0.25) is 0 Å². The Morgan fingerprint density at radius 2 is 1.88 bits per heavy atom. The molecule has 4 N–H and O–H groups in total. The van der Waals surface area contributed by atoms with E-state index in [0.29, 0.717) is 25.2 Å². The van der Waals surface area contributed by atoms with Crippen molar-refractivity contribution in [2.24, 2.45) is 11.1 Å². The van der Waals surface area contributed by atoms with E-state index in [0.717, 1.165) is 33.6 Å². The number of ether oxygens (including phenoxy) is 1. The van der Waals surface area contributed by atoms with Crippen molar-refractivity contribution < 1.29 is 9.53 Å². The Morgan fingerprint density at radius 3 is 2.73 bits per heavy atom. The summed E-state index contributed by atoms with van der Waals surface area (Å²) < 4.78 is 6.07. The average molecular weight is 532 g/mol. The minimum atomic E-state index is -0.327. The van der Waals surface area contributed by atoms with E-state index in [1.54, 1.807) is 12.4 Å². The number of benzene rings is 2. The monoisotopic (exact) mass is 531 g/mol. The fourth-order valence-corrected chi connectivity index (χ4v) is 5.79. The van der Waals surface area contributed by atoms with Crippen LogP contribution in [0.3, 0.4) is 0 Å². The Labute approximate surface area is 233 Å². The second-order valence-corrected chi connectivity index (χ2v) is 11.3. The first-order valence-electron chi connectivity index (χ1n) is 13.6. The molecule has 202 valence electrons. The fraction of sp³-hybridized carbons (Fsp3) is 0.242. The molecule has 0 saturated heterocycles. The van der Waals surface area contributed by atoms with Crippen molar-refractivity contribution in [3.63, 3.8) is 0 Å². The molecule has 0 bridgehead atoms. The Morgan fingerprint density at radius 1 is 1.02 bits per heavy atom. The largest absolute Gasteiger partial charge is 0.490 e. The molecule has 7 nitrogen and oxygen atoms in total. The summed E-state index contributed by atoms with van der Waals surface area (Å²) in [5.74, 6) is 0.389. The first-order valence-corrected chi connectivity index (χ1v) is 13.6. The molecule has 1 amide bonds. The van der Waals surface area contributed by atoms with Crippen LogP contribution in [0.25, 0.3) is 22.0 Å². The number of fused-ring (bicyclic) bond motifs is 2. The predicted molar refractivity (Wildman–Crippen MR) is 158 cm³/mol. The number of aromatic amines is 1. The third-order valence-corrected chi connectivity index (χ3v) is 7.69. The zero-order chi connectivity index (χ0) is 27.7. The fourth-order valence-electron chi connectivity index (χ4n) is 5.79. The SMILES string of the molecule is CC(C)(Cc1ccccn1)C1C(=O)Nc2ccc(-c3cncc(OC[C@@H](N)Cc4c[nH]c5ccccc45)c3)cc21. The third-order valence-electron chi connectivity index (χ3n) is 7.69. The molecule has 1 aliphatic rings. The van der Waals surface area contributed by atoms with Crippen LogP contribution in [0.1, 0.15) is 36.6 Å². The quantitative estimate of drug-likeness (QED) is 0.220. The highest BCUT2D eigenvalue weighted by molar-refractivity contribution is 6.04. The van der Waals surface area contributed by atoms with Gasteiger partial charge in [-0.1, -0.05) is 44.2 Å². The highest BCUT2D eigenvalue weighted by Gasteiger charge is 2.42. The average Bonchev–Trinajstić information content (AvgIpc) is 3.52. The minimum Gasteiger partial charge on any atom is -0.490 e. The summed E-state index contributed by atoms with van der Waals surface area (Å²) in [6.07, 6.45) is 8.74. The van der Waals surface area contributed by atoms with Crippen LogP contribution < -0.4 is 15.8 Å². The standard InChI is InChI=1S/C33H33N5O2/c1-33(2,16-25-7-5-6-12-36-25)31-28-15-21(10-11-30(28)38-32(31)39)22-14-26(19-35-17-22)40-20-24(34)13-23-18-37-29-9-4-3-8-27(23)29/h3-12,14-15,17-19,24,31,37H,13,16,20,34H2,1-2H3,(H,38,39)/t24-,31?/m0/s1. The summed E-state index contributed by atoms with van der Waals surface area (Å²) in [5.41, 5.74) is 13.1. The van der Waals surface area contributed by atoms with Gasteiger partial charge in [0, 0.05) is 52.5 Å². The Bertz CT molecular complexity index is 1660. The number of nitrogens with two attached hydrogens (primary N) is 1. The van der Waals surface area contributed by atoms with Gasteiger partial charge in [0.2, 0.25) is 5.91 Å². The summed E-state index contributed by atoms with van der Waals surface area (Å²) in [4.78, 5) is 25.3. The van der Waals surface area contributed by atoms with E-state index in [4.69, 9.17) is 10.5 Å². The summed E-state index contributed by atoms with van der Waals surface area (Å²) in [6, 6.07) is 22.0. The highest BCUT2D eigenvalue weighted by Crippen LogP contribution is 2.46. The normalized spacial score (nSPS) is 15.6. The topological polar surface area (TPSA) is 106 Å². The van der Waals surface area contributed by atoms with Crippen molar-refractivity contribution in [2.45, 2.75) is 38.6 Å². The Balaban J connectivity index is 1.17. The second-order valence-electron chi connectivity index (χ2n) is 11.3. The lowest BCUT2D eigenvalue weighted by atomic mass is 9.72. The number of carbonyl (C=O) groups excluding carboxylic acids is 1. The van der Waals surface area contributed by atoms with Gasteiger partial charge in [-0.3, -0.25) is 14.8 Å². The molecule has 40 heavy (non-hydrogen) atoms. The maximum absolute atomic E-state index is 13.1. The van der Waals surface area contributed by atoms with E-state index >= 15 is 0 Å². The van der Waals surface area contributed by atoms with Crippen molar-refractivity contribution in [1.82, 2.24) is 15.0 Å². The van der Waals surface area contributed by atoms with Crippen LogP contribution in [0.4, 0.5) is 5.69 Å². The molecule has 5 aromatic rings. The van der Waals surface area contributed by atoms with E-state index in [9.17, 15) is 4.79 Å². The van der Waals surface area contributed by atoms with E-state index in [1.165, 1.54) is 10.9 Å². The van der Waals surface area contributed by atoms with Crippen LogP contribution in [-0.2, 0) is 17.6 Å². The van der Waals surface area contributed by atoms with Crippen molar-refractivity contribution in [2.75, 3.05) is 11.9 Å². The molecule has 2 atom stereocenters. The molecule has 0 saturated carbocycles. The summed E-state index contributed by atoms with van der Waals surface area (Å²) >= 11 is 0. The van der Waals surface area contributed by atoms with E-state index in [1.807, 2.05) is 60.9 Å². The van der Waals surface area contributed by atoms with E-state index < -0.39 is 0 Å². The predicted octanol–water partition coefficient (Wildman–Crippen LogP) is 5.88. The van der Waals surface area contributed by atoms with Crippen LogP contribution in [0.15, 0.2) is 91.5 Å². The molecule has 6 rings (SSSR count). The molecule has 2 aromatic carbocycles. The van der Waals surface area contributed by atoms with Crippen molar-refractivity contribution in [1.29, 1.82) is 0 Å². The number of hydrogen-bond acceptors (Lipinski definition) is 5. The van der Waals surface area contributed by atoms with Gasteiger partial charge in [-0.25, -0.2) is 0 Å². The smallest absolute Gasteiger partial charge is 0.232 e. The molecule has 0 aliphatic carbocycles. The number of nitrogens with one attached hydrogen (secondary N) is 2. The maximum atomic E-state index is 13.1. The summed E-state index contributed by atoms with van der Waals surface area (Å²) in [6.45, 7) is 4.63. The lowest BCUT2D eigenvalue weighted by Crippen LogP contribution is -2.30. The molecular formula is C33H33N5O2. The summed E-state index contributed by atoms with van der Waals surface area (Å²) in [5, 5.41) is 4.26. The van der Waals surface area contributed by atoms with Gasteiger partial charge in [0.05, 0.1) is 12.1 Å². The lowest BCUT2D eigenvalue weighted by Gasteiger charge is -2.30. The van der Waals surface area contributed by atoms with Crippen LogP contribution >= 0.6 is 0 Å². The number of anilines is 1. The molecule has 1 unspecified atom stereocenters. The zero-order valence-corrected chi connectivity index (χ0v) is 22.7. The molecule has 4 heterocycles. The van der Waals surface area contributed by atoms with Gasteiger partial charge in [0.1, 0.15) is 12.4 Å². The van der Waals surface area contributed by atoms with E-state index in [-0.39, 0.29) is 23.3 Å². The minimum absolute atomic E-state index is 0.0208. The van der Waals surface area contributed by atoms with Crippen LogP contribution in [0.5, 0.6) is 5.75 Å². The van der Waals surface area contributed by atoms with Crippen molar-refractivity contribution in [3.8, 4) is 16.9 Å². The summed E-state index contributed by atoms with van der Waals surface area (Å²) in [7, 11) is 0. The van der Waals surface area contributed by atoms with Crippen LogP contribution in [0, 0.1) is 5.41 Å². The maximum Gasteiger partial charge on any atom is 0.232 e. The number of carbonyl (C=O) groups is 1. The number of para-hydroxylation sites is 1. The van der Waals surface area contributed by atoms with Gasteiger partial charge in [-0.05, 0) is 71.3 Å². The number of amides is 1. The first-order chi connectivity index (χ1) is 19.4. The number of aromatic nitrogens is 3. The van der Waals surface area contributed by atoms with Gasteiger partial charge in [0.25, 0.3) is 0 Å². The van der Waals surface area contributed by atoms with Crippen molar-refractivity contribution in [3.05, 3.63) is 108 Å². The van der Waals surface area contributed by atoms with Gasteiger partial charge in [-0.15, -0.1) is 0 Å². The third kappa shape index (κ3) is 5.20. The number of rotatable bonds is 9. The number of nitrogens with zero attached hydrogens (tertiary/aromatic N) is 2. The molecule has 0 fully saturated rings. The van der Waals surface area contributed by atoms with Gasteiger partial charge >= 0.3 is 0 Å². The number of pyridine rings is 2. The molecule has 0 spiro atoms. The number of H-pyrrole nitrogens is 1. The van der Waals surface area contributed by atoms with Gasteiger partial charge < -0.3 is 20.8 Å². The lowest BCUT2D eigenvalue weighted by molar-refractivity contribution is -0.119. The van der Waals surface area contributed by atoms with E-state index in [2.05, 4.69) is 52.3 Å². The second kappa shape index (κ2) is 10.6. The molecule has 3 aromatic heterocycles. The number of hydrogen-bond donors (Lipinski definition) is 3. The zero-order valence-electron chi connectivity index (χ0n) is 22.7. The Hall–Kier alpha value is -4.49. The molecule has 1 aliphatic heterocycles. The van der Waals surface area contributed by atoms with Crippen LogP contribution in [-0.4, -0.2) is 33.5 Å². The molecular weight excluding hydrogens is 498 g/mol. The molecule has 0 radical (unpaired) electrons. The highest BCUT2D eigenvalue weighted by atomic mass is 16.5. The molecule has 7 heteroatoms. The van der Waals surface area contributed by atoms with Gasteiger partial charge in [-0.2, -0.15) is 0 Å².